The second kappa shape index (κ2) is 7.30. The zero-order valence-electron chi connectivity index (χ0n) is 17.4. The fraction of sp³-hybridized carbons (Fsp3) is 0.154. The summed E-state index contributed by atoms with van der Waals surface area (Å²) >= 11 is 0. The van der Waals surface area contributed by atoms with E-state index < -0.39 is 0 Å². The number of hydrogen-bond donors (Lipinski definition) is 2. The van der Waals surface area contributed by atoms with Crippen LogP contribution in [0.3, 0.4) is 0 Å². The van der Waals surface area contributed by atoms with Crippen molar-refractivity contribution in [3.8, 4) is 33.6 Å². The standard InChI is InChI=1S/C26H24N4/c1-16(2)26-28-15-24(30-26)19-6-4-18(5-7-19)20-8-9-22-13-23(11-10-21(22)12-20)25-14-27-17(3)29-25/h4-16H,1-3H3,(H,27,29)(H,28,30). The van der Waals surface area contributed by atoms with Crippen molar-refractivity contribution in [2.45, 2.75) is 26.7 Å². The monoisotopic (exact) mass is 392 g/mol. The predicted molar refractivity (Wildman–Crippen MR) is 123 cm³/mol. The highest BCUT2D eigenvalue weighted by Crippen LogP contribution is 2.29. The minimum atomic E-state index is 0.397. The number of imidazole rings is 2. The maximum absolute atomic E-state index is 4.48. The van der Waals surface area contributed by atoms with E-state index in [1.54, 1.807) is 0 Å². The van der Waals surface area contributed by atoms with Gasteiger partial charge < -0.3 is 9.97 Å². The highest BCUT2D eigenvalue weighted by Gasteiger charge is 2.08. The van der Waals surface area contributed by atoms with Gasteiger partial charge in [-0.25, -0.2) is 9.97 Å². The molecule has 2 N–H and O–H groups in total. The van der Waals surface area contributed by atoms with Crippen molar-refractivity contribution < 1.29 is 0 Å². The van der Waals surface area contributed by atoms with Gasteiger partial charge in [-0.1, -0.05) is 62.4 Å². The third kappa shape index (κ3) is 3.41. The average Bonchev–Trinajstić information content (AvgIpc) is 3.43. The van der Waals surface area contributed by atoms with Gasteiger partial charge in [0.05, 0.1) is 23.8 Å². The van der Waals surface area contributed by atoms with Gasteiger partial charge in [-0.3, -0.25) is 0 Å². The van der Waals surface area contributed by atoms with Crippen molar-refractivity contribution in [3.05, 3.63) is 84.7 Å². The van der Waals surface area contributed by atoms with Gasteiger partial charge in [0.2, 0.25) is 0 Å². The minimum Gasteiger partial charge on any atom is -0.342 e. The molecule has 0 aliphatic heterocycles. The molecular weight excluding hydrogens is 368 g/mol. The highest BCUT2D eigenvalue weighted by molar-refractivity contribution is 5.90. The Bertz CT molecular complexity index is 1320. The van der Waals surface area contributed by atoms with Gasteiger partial charge in [-0.2, -0.15) is 0 Å². The molecule has 2 aromatic heterocycles. The summed E-state index contributed by atoms with van der Waals surface area (Å²) in [5.41, 5.74) is 6.84. The molecule has 0 amide bonds. The molecule has 0 fully saturated rings. The van der Waals surface area contributed by atoms with Crippen LogP contribution in [0, 0.1) is 6.92 Å². The van der Waals surface area contributed by atoms with Gasteiger partial charge in [0, 0.05) is 11.5 Å². The Hall–Kier alpha value is -3.66. The molecule has 0 unspecified atom stereocenters. The molecule has 2 heterocycles. The number of hydrogen-bond acceptors (Lipinski definition) is 2. The van der Waals surface area contributed by atoms with Gasteiger partial charge in [-0.15, -0.1) is 0 Å². The summed E-state index contributed by atoms with van der Waals surface area (Å²) in [5.74, 6) is 2.35. The lowest BCUT2D eigenvalue weighted by Gasteiger charge is -2.07. The fourth-order valence-corrected chi connectivity index (χ4v) is 3.78. The molecule has 0 spiro atoms. The Morgan fingerprint density at radius 2 is 1.20 bits per heavy atom. The van der Waals surface area contributed by atoms with E-state index in [-0.39, 0.29) is 0 Å². The van der Waals surface area contributed by atoms with Crippen LogP contribution in [0.5, 0.6) is 0 Å². The van der Waals surface area contributed by atoms with Crippen LogP contribution in [0.4, 0.5) is 0 Å². The van der Waals surface area contributed by atoms with E-state index in [1.807, 2.05) is 19.3 Å². The van der Waals surface area contributed by atoms with E-state index in [1.165, 1.54) is 21.9 Å². The van der Waals surface area contributed by atoms with Crippen LogP contribution in [0.2, 0.25) is 0 Å². The third-order valence-electron chi connectivity index (χ3n) is 5.53. The lowest BCUT2D eigenvalue weighted by Crippen LogP contribution is -1.89. The first-order chi connectivity index (χ1) is 14.6. The number of nitrogens with zero attached hydrogens (tertiary/aromatic N) is 2. The quantitative estimate of drug-likeness (QED) is 0.357. The Labute approximate surface area is 176 Å². The number of H-pyrrole nitrogens is 2. The first kappa shape index (κ1) is 18.4. The molecule has 0 atom stereocenters. The molecule has 0 saturated heterocycles. The van der Waals surface area contributed by atoms with Crippen LogP contribution in [0.15, 0.2) is 73.1 Å². The van der Waals surface area contributed by atoms with E-state index in [0.29, 0.717) is 5.92 Å². The van der Waals surface area contributed by atoms with Crippen molar-refractivity contribution in [2.24, 2.45) is 0 Å². The lowest BCUT2D eigenvalue weighted by molar-refractivity contribution is 0.795. The minimum absolute atomic E-state index is 0.397. The van der Waals surface area contributed by atoms with Gasteiger partial charge in [0.25, 0.3) is 0 Å². The number of nitrogens with one attached hydrogen (secondary N) is 2. The van der Waals surface area contributed by atoms with Crippen LogP contribution < -0.4 is 0 Å². The molecule has 30 heavy (non-hydrogen) atoms. The topological polar surface area (TPSA) is 57.4 Å². The maximum atomic E-state index is 4.48. The molecule has 5 rings (SSSR count). The summed E-state index contributed by atoms with van der Waals surface area (Å²) in [6.07, 6.45) is 3.80. The van der Waals surface area contributed by atoms with Crippen LogP contribution in [-0.4, -0.2) is 19.9 Å². The molecule has 0 bridgehead atoms. The summed E-state index contributed by atoms with van der Waals surface area (Å²) in [6, 6.07) is 21.8. The number of fused-ring (bicyclic) bond motifs is 1. The van der Waals surface area contributed by atoms with Crippen LogP contribution in [0.25, 0.3) is 44.4 Å². The molecule has 5 aromatic rings. The first-order valence-corrected chi connectivity index (χ1v) is 10.3. The number of rotatable bonds is 4. The largest absolute Gasteiger partial charge is 0.342 e. The van der Waals surface area contributed by atoms with Crippen molar-refractivity contribution in [1.29, 1.82) is 0 Å². The predicted octanol–water partition coefficient (Wildman–Crippen LogP) is 6.72. The number of aryl methyl sites for hydroxylation is 1. The summed E-state index contributed by atoms with van der Waals surface area (Å²) in [5, 5.41) is 2.45. The zero-order chi connectivity index (χ0) is 20.7. The Kier molecular flexibility index (Phi) is 4.47. The van der Waals surface area contributed by atoms with Gasteiger partial charge in [0.1, 0.15) is 11.6 Å². The van der Waals surface area contributed by atoms with Gasteiger partial charge in [0.15, 0.2) is 0 Å². The molecule has 0 saturated carbocycles. The molecular formula is C26H24N4. The third-order valence-corrected chi connectivity index (χ3v) is 5.53. The van der Waals surface area contributed by atoms with Gasteiger partial charge in [-0.05, 0) is 46.5 Å². The second-order valence-electron chi connectivity index (χ2n) is 8.07. The fourth-order valence-electron chi connectivity index (χ4n) is 3.78. The molecule has 148 valence electrons. The summed E-state index contributed by atoms with van der Waals surface area (Å²) in [7, 11) is 0. The maximum Gasteiger partial charge on any atom is 0.109 e. The second-order valence-corrected chi connectivity index (χ2v) is 8.07. The van der Waals surface area contributed by atoms with E-state index >= 15 is 0 Å². The first-order valence-electron chi connectivity index (χ1n) is 10.3. The number of aromatic amines is 2. The van der Waals surface area contributed by atoms with E-state index in [0.717, 1.165) is 34.2 Å². The number of aromatic nitrogens is 4. The van der Waals surface area contributed by atoms with Crippen LogP contribution in [-0.2, 0) is 0 Å². The SMILES string of the molecule is Cc1ncc(-c2ccc3cc(-c4ccc(-c5cnc(C(C)C)[nH]5)cc4)ccc3c2)[nH]1. The smallest absolute Gasteiger partial charge is 0.109 e. The molecule has 4 heteroatoms. The highest BCUT2D eigenvalue weighted by atomic mass is 14.9. The van der Waals surface area contributed by atoms with Crippen LogP contribution >= 0.6 is 0 Å². The van der Waals surface area contributed by atoms with Crippen molar-refractivity contribution in [1.82, 2.24) is 19.9 Å². The van der Waals surface area contributed by atoms with Crippen molar-refractivity contribution in [3.63, 3.8) is 0 Å². The average molecular weight is 393 g/mol. The molecule has 4 nitrogen and oxygen atoms in total. The Balaban J connectivity index is 1.44. The Morgan fingerprint density at radius 1 is 0.633 bits per heavy atom. The van der Waals surface area contributed by atoms with Crippen LogP contribution in [0.1, 0.15) is 31.4 Å². The number of benzene rings is 3. The lowest BCUT2D eigenvalue weighted by atomic mass is 9.98. The summed E-state index contributed by atoms with van der Waals surface area (Å²) in [6.45, 7) is 6.26. The van der Waals surface area contributed by atoms with Crippen molar-refractivity contribution in [2.75, 3.05) is 0 Å². The summed E-state index contributed by atoms with van der Waals surface area (Å²) < 4.78 is 0. The molecule has 3 aromatic carbocycles. The normalized spacial score (nSPS) is 11.5. The zero-order valence-corrected chi connectivity index (χ0v) is 17.4. The molecule has 0 aliphatic rings. The van der Waals surface area contributed by atoms with Gasteiger partial charge >= 0.3 is 0 Å². The molecule has 0 aliphatic carbocycles. The summed E-state index contributed by atoms with van der Waals surface area (Å²) in [4.78, 5) is 15.5. The van der Waals surface area contributed by atoms with Crippen molar-refractivity contribution >= 4 is 10.8 Å². The van der Waals surface area contributed by atoms with E-state index in [9.17, 15) is 0 Å². The molecule has 0 radical (unpaired) electrons. The van der Waals surface area contributed by atoms with E-state index in [2.05, 4.69) is 94.4 Å². The van der Waals surface area contributed by atoms with E-state index in [4.69, 9.17) is 0 Å². The Morgan fingerprint density at radius 3 is 1.83 bits per heavy atom.